The Labute approximate surface area is 107 Å². The predicted molar refractivity (Wildman–Crippen MR) is 74.2 cm³/mol. The molecule has 0 saturated heterocycles. The highest BCUT2D eigenvalue weighted by atomic mass is 16.5. The number of nitrogens with zero attached hydrogens (tertiary/aromatic N) is 1. The second-order valence-electron chi connectivity index (χ2n) is 4.08. The van der Waals surface area contributed by atoms with E-state index in [-0.39, 0.29) is 0 Å². The zero-order chi connectivity index (χ0) is 13.1. The number of hydrogen-bond acceptors (Lipinski definition) is 3. The lowest BCUT2D eigenvalue weighted by Gasteiger charge is -2.09. The molecule has 1 heterocycles. The molecule has 94 valence electrons. The number of rotatable bonds is 3. The van der Waals surface area contributed by atoms with E-state index in [1.165, 1.54) is 0 Å². The number of allylic oxidation sites excluding steroid dienone is 2. The van der Waals surface area contributed by atoms with Gasteiger partial charge < -0.3 is 9.47 Å². The minimum Gasteiger partial charge on any atom is -0.497 e. The fourth-order valence-electron chi connectivity index (χ4n) is 1.84. The van der Waals surface area contributed by atoms with Crippen LogP contribution in [-0.2, 0) is 0 Å². The van der Waals surface area contributed by atoms with Gasteiger partial charge in [0, 0.05) is 5.39 Å². The summed E-state index contributed by atoms with van der Waals surface area (Å²) in [5, 5.41) is 2.06. The summed E-state index contributed by atoms with van der Waals surface area (Å²) in [7, 11) is 3.30. The molecule has 1 aromatic carbocycles. The van der Waals surface area contributed by atoms with Gasteiger partial charge in [0.2, 0.25) is 5.88 Å². The van der Waals surface area contributed by atoms with Gasteiger partial charge in [0.1, 0.15) is 5.75 Å². The van der Waals surface area contributed by atoms with Gasteiger partial charge in [-0.2, -0.15) is 0 Å². The molecule has 3 heteroatoms. The Balaban J connectivity index is 2.71. The first kappa shape index (κ1) is 12.4. The molecule has 0 amide bonds. The molecule has 0 fully saturated rings. The van der Waals surface area contributed by atoms with E-state index in [1.807, 2.05) is 38.1 Å². The third-order valence-corrected chi connectivity index (χ3v) is 3.03. The molecular weight excluding hydrogens is 226 g/mol. The van der Waals surface area contributed by atoms with Gasteiger partial charge in [0.25, 0.3) is 0 Å². The fourth-order valence-corrected chi connectivity index (χ4v) is 1.84. The van der Waals surface area contributed by atoms with Crippen molar-refractivity contribution in [1.29, 1.82) is 0 Å². The maximum Gasteiger partial charge on any atom is 0.221 e. The van der Waals surface area contributed by atoms with Gasteiger partial charge in [-0.25, -0.2) is 4.98 Å². The smallest absolute Gasteiger partial charge is 0.221 e. The molecule has 2 aromatic rings. The SMILES string of the molecule is C/C=C(\C)c1cc2cc(OC)ccc2c(OC)n1. The van der Waals surface area contributed by atoms with Crippen molar-refractivity contribution in [2.45, 2.75) is 13.8 Å². The van der Waals surface area contributed by atoms with Crippen molar-refractivity contribution in [2.24, 2.45) is 0 Å². The molecule has 0 aliphatic heterocycles. The van der Waals surface area contributed by atoms with E-state index in [0.717, 1.165) is 27.8 Å². The molecule has 0 saturated carbocycles. The van der Waals surface area contributed by atoms with Crippen LogP contribution in [0.25, 0.3) is 16.3 Å². The van der Waals surface area contributed by atoms with Gasteiger partial charge in [-0.15, -0.1) is 0 Å². The number of hydrogen-bond donors (Lipinski definition) is 0. The van der Waals surface area contributed by atoms with Crippen LogP contribution < -0.4 is 9.47 Å². The normalized spacial score (nSPS) is 11.7. The van der Waals surface area contributed by atoms with Crippen molar-refractivity contribution in [3.63, 3.8) is 0 Å². The van der Waals surface area contributed by atoms with Gasteiger partial charge in [0.05, 0.1) is 19.9 Å². The molecule has 0 unspecified atom stereocenters. The van der Waals surface area contributed by atoms with Crippen LogP contribution >= 0.6 is 0 Å². The molecular formula is C15H17NO2. The zero-order valence-corrected chi connectivity index (χ0v) is 11.2. The number of methoxy groups -OCH3 is 2. The molecule has 0 aliphatic carbocycles. The highest BCUT2D eigenvalue weighted by Crippen LogP contribution is 2.29. The molecule has 0 atom stereocenters. The van der Waals surface area contributed by atoms with E-state index in [2.05, 4.69) is 11.1 Å². The second kappa shape index (κ2) is 5.08. The van der Waals surface area contributed by atoms with E-state index in [0.29, 0.717) is 5.88 Å². The third-order valence-electron chi connectivity index (χ3n) is 3.03. The average molecular weight is 243 g/mol. The Kier molecular flexibility index (Phi) is 3.51. The first-order valence-electron chi connectivity index (χ1n) is 5.85. The quantitative estimate of drug-likeness (QED) is 0.824. The summed E-state index contributed by atoms with van der Waals surface area (Å²) in [5.74, 6) is 1.48. The molecule has 0 bridgehead atoms. The highest BCUT2D eigenvalue weighted by molar-refractivity contribution is 5.90. The van der Waals surface area contributed by atoms with Crippen LogP contribution in [0.15, 0.2) is 30.3 Å². The number of ether oxygens (including phenoxy) is 2. The third kappa shape index (κ3) is 2.16. The molecule has 0 N–H and O–H groups in total. The lowest BCUT2D eigenvalue weighted by Crippen LogP contribution is -1.94. The zero-order valence-electron chi connectivity index (χ0n) is 11.2. The minimum atomic E-state index is 0.645. The van der Waals surface area contributed by atoms with Gasteiger partial charge in [-0.1, -0.05) is 6.08 Å². The Hall–Kier alpha value is -2.03. The van der Waals surface area contributed by atoms with E-state index in [4.69, 9.17) is 9.47 Å². The van der Waals surface area contributed by atoms with E-state index in [9.17, 15) is 0 Å². The summed E-state index contributed by atoms with van der Waals surface area (Å²) in [6, 6.07) is 7.92. The second-order valence-corrected chi connectivity index (χ2v) is 4.08. The summed E-state index contributed by atoms with van der Waals surface area (Å²) < 4.78 is 10.6. The predicted octanol–water partition coefficient (Wildman–Crippen LogP) is 3.68. The largest absolute Gasteiger partial charge is 0.497 e. The van der Waals surface area contributed by atoms with Crippen LogP contribution in [0, 0.1) is 0 Å². The number of benzene rings is 1. The van der Waals surface area contributed by atoms with Crippen molar-refractivity contribution in [2.75, 3.05) is 14.2 Å². The highest BCUT2D eigenvalue weighted by Gasteiger charge is 2.08. The number of aromatic nitrogens is 1. The van der Waals surface area contributed by atoms with Crippen LogP contribution in [-0.4, -0.2) is 19.2 Å². The minimum absolute atomic E-state index is 0.645. The van der Waals surface area contributed by atoms with Crippen molar-refractivity contribution in [3.8, 4) is 11.6 Å². The lowest BCUT2D eigenvalue weighted by molar-refractivity contribution is 0.402. The summed E-state index contributed by atoms with van der Waals surface area (Å²) in [6.45, 7) is 4.03. The van der Waals surface area contributed by atoms with Gasteiger partial charge >= 0.3 is 0 Å². The van der Waals surface area contributed by atoms with Crippen molar-refractivity contribution < 1.29 is 9.47 Å². The number of pyridine rings is 1. The Morgan fingerprint density at radius 3 is 2.56 bits per heavy atom. The monoisotopic (exact) mass is 243 g/mol. The summed E-state index contributed by atoms with van der Waals surface area (Å²) >= 11 is 0. The molecule has 0 radical (unpaired) electrons. The summed E-state index contributed by atoms with van der Waals surface area (Å²) in [5.41, 5.74) is 2.05. The van der Waals surface area contributed by atoms with Crippen molar-refractivity contribution >= 4 is 16.3 Å². The molecule has 18 heavy (non-hydrogen) atoms. The Morgan fingerprint density at radius 1 is 1.17 bits per heavy atom. The Bertz CT molecular complexity index is 603. The molecule has 0 spiro atoms. The maximum absolute atomic E-state index is 5.36. The van der Waals surface area contributed by atoms with Crippen molar-refractivity contribution in [1.82, 2.24) is 4.98 Å². The van der Waals surface area contributed by atoms with Crippen LogP contribution in [0.2, 0.25) is 0 Å². The van der Waals surface area contributed by atoms with Crippen molar-refractivity contribution in [3.05, 3.63) is 36.0 Å². The number of fused-ring (bicyclic) bond motifs is 1. The van der Waals surface area contributed by atoms with E-state index in [1.54, 1.807) is 14.2 Å². The molecule has 0 aliphatic rings. The van der Waals surface area contributed by atoms with Gasteiger partial charge in [-0.3, -0.25) is 0 Å². The first-order valence-corrected chi connectivity index (χ1v) is 5.85. The molecule has 1 aromatic heterocycles. The maximum atomic E-state index is 5.36. The summed E-state index contributed by atoms with van der Waals surface area (Å²) in [4.78, 5) is 4.51. The summed E-state index contributed by atoms with van der Waals surface area (Å²) in [6.07, 6.45) is 2.04. The van der Waals surface area contributed by atoms with Crippen LogP contribution in [0.1, 0.15) is 19.5 Å². The van der Waals surface area contributed by atoms with Crippen LogP contribution in [0.5, 0.6) is 11.6 Å². The lowest BCUT2D eigenvalue weighted by atomic mass is 10.1. The van der Waals surface area contributed by atoms with Gasteiger partial charge in [0.15, 0.2) is 0 Å². The van der Waals surface area contributed by atoms with E-state index >= 15 is 0 Å². The standard InChI is InChI=1S/C15H17NO2/c1-5-10(2)14-9-11-8-12(17-3)6-7-13(11)15(16-14)18-4/h5-9H,1-4H3/b10-5+. The average Bonchev–Trinajstić information content (AvgIpc) is 2.44. The van der Waals surface area contributed by atoms with E-state index < -0.39 is 0 Å². The molecule has 3 nitrogen and oxygen atoms in total. The molecule has 2 rings (SSSR count). The topological polar surface area (TPSA) is 31.4 Å². The fraction of sp³-hybridized carbons (Fsp3) is 0.267. The van der Waals surface area contributed by atoms with Gasteiger partial charge in [-0.05, 0) is 49.1 Å². The van der Waals surface area contributed by atoms with Crippen LogP contribution in [0.4, 0.5) is 0 Å². The first-order chi connectivity index (χ1) is 8.69. The van der Waals surface area contributed by atoms with Crippen LogP contribution in [0.3, 0.4) is 0 Å². The Morgan fingerprint density at radius 2 is 1.94 bits per heavy atom.